The monoisotopic (exact) mass is 254 g/mol. The molecule has 0 aromatic heterocycles. The van der Waals surface area contributed by atoms with Crippen LogP contribution in [0.15, 0.2) is 18.2 Å². The summed E-state index contributed by atoms with van der Waals surface area (Å²) >= 11 is 0. The van der Waals surface area contributed by atoms with Crippen LogP contribution in [0.3, 0.4) is 0 Å². The molecule has 2 fully saturated rings. The number of nitrogens with one attached hydrogen (secondary N) is 1. The lowest BCUT2D eigenvalue weighted by molar-refractivity contribution is 0.0856. The summed E-state index contributed by atoms with van der Waals surface area (Å²) in [5.74, 6) is 4.61. The molecule has 0 amide bonds. The Morgan fingerprint density at radius 2 is 1.94 bits per heavy atom. The molecule has 18 heavy (non-hydrogen) atoms. The van der Waals surface area contributed by atoms with E-state index in [-0.39, 0.29) is 24.2 Å². The fourth-order valence-electron chi connectivity index (χ4n) is 3.25. The van der Waals surface area contributed by atoms with E-state index in [0.717, 1.165) is 25.3 Å². The van der Waals surface area contributed by atoms with Crippen molar-refractivity contribution < 1.29 is 13.5 Å². The molecule has 2 bridgehead atoms. The fourth-order valence-corrected chi connectivity index (χ4v) is 3.25. The van der Waals surface area contributed by atoms with Gasteiger partial charge in [-0.2, -0.15) is 0 Å². The lowest BCUT2D eigenvalue weighted by Crippen LogP contribution is -2.37. The van der Waals surface area contributed by atoms with Crippen LogP contribution in [0.25, 0.3) is 0 Å². The summed E-state index contributed by atoms with van der Waals surface area (Å²) in [6.07, 6.45) is 3.43. The van der Waals surface area contributed by atoms with Crippen molar-refractivity contribution in [1.29, 1.82) is 0 Å². The molecule has 2 heterocycles. The predicted molar refractivity (Wildman–Crippen MR) is 62.4 cm³/mol. The van der Waals surface area contributed by atoms with Crippen LogP contribution in [-0.2, 0) is 4.74 Å². The van der Waals surface area contributed by atoms with E-state index in [1.807, 2.05) is 0 Å². The molecule has 98 valence electrons. The number of fused-ring (bicyclic) bond motifs is 2. The number of halogens is 2. The normalized spacial score (nSPS) is 31.8. The van der Waals surface area contributed by atoms with Gasteiger partial charge in [-0.1, -0.05) is 0 Å². The van der Waals surface area contributed by atoms with Crippen molar-refractivity contribution in [2.24, 2.45) is 11.8 Å². The van der Waals surface area contributed by atoms with Gasteiger partial charge in [-0.25, -0.2) is 8.78 Å². The number of ether oxygens (including phenoxy) is 1. The summed E-state index contributed by atoms with van der Waals surface area (Å²) in [7, 11) is 0. The highest BCUT2D eigenvalue weighted by molar-refractivity contribution is 5.23. The molecule has 0 saturated carbocycles. The highest BCUT2D eigenvalue weighted by Crippen LogP contribution is 2.44. The number of hydrogen-bond acceptors (Lipinski definition) is 3. The molecule has 4 unspecified atom stereocenters. The van der Waals surface area contributed by atoms with E-state index in [0.29, 0.717) is 5.56 Å². The Labute approximate surface area is 104 Å². The molecule has 2 aliphatic rings. The fraction of sp³-hybridized carbons (Fsp3) is 0.538. The molecule has 5 heteroatoms. The van der Waals surface area contributed by atoms with Gasteiger partial charge >= 0.3 is 0 Å². The van der Waals surface area contributed by atoms with Crippen LogP contribution in [0.1, 0.15) is 30.9 Å². The summed E-state index contributed by atoms with van der Waals surface area (Å²) in [6, 6.07) is 3.28. The van der Waals surface area contributed by atoms with Crippen LogP contribution in [0.2, 0.25) is 0 Å². The van der Waals surface area contributed by atoms with E-state index in [1.165, 1.54) is 12.1 Å². The zero-order valence-electron chi connectivity index (χ0n) is 9.90. The van der Waals surface area contributed by atoms with Crippen LogP contribution in [0.5, 0.6) is 0 Å². The van der Waals surface area contributed by atoms with Crippen LogP contribution in [0.4, 0.5) is 8.78 Å². The van der Waals surface area contributed by atoms with Gasteiger partial charge in [0.25, 0.3) is 0 Å². The summed E-state index contributed by atoms with van der Waals surface area (Å²) in [5, 5.41) is 0. The highest BCUT2D eigenvalue weighted by atomic mass is 19.1. The van der Waals surface area contributed by atoms with E-state index in [2.05, 4.69) is 5.43 Å². The van der Waals surface area contributed by atoms with Crippen LogP contribution in [0, 0.1) is 17.6 Å². The van der Waals surface area contributed by atoms with Crippen molar-refractivity contribution in [1.82, 2.24) is 5.43 Å². The van der Waals surface area contributed by atoms with Gasteiger partial charge in [-0.15, -0.1) is 0 Å². The Balaban J connectivity index is 1.87. The first-order chi connectivity index (χ1) is 8.67. The highest BCUT2D eigenvalue weighted by Gasteiger charge is 2.44. The number of nitrogens with two attached hydrogens (primary N) is 1. The Kier molecular flexibility index (Phi) is 3.05. The van der Waals surface area contributed by atoms with Crippen LogP contribution < -0.4 is 11.3 Å². The maximum absolute atomic E-state index is 13.3. The summed E-state index contributed by atoms with van der Waals surface area (Å²) in [4.78, 5) is 0. The molecule has 3 nitrogen and oxygen atoms in total. The molecule has 0 spiro atoms. The maximum Gasteiger partial charge on any atom is 0.126 e. The summed E-state index contributed by atoms with van der Waals surface area (Å²) < 4.78 is 32.3. The molecular weight excluding hydrogens is 238 g/mol. The summed E-state index contributed by atoms with van der Waals surface area (Å²) in [6.45, 7) is 0. The molecule has 1 aromatic rings. The number of hydrogen-bond donors (Lipinski definition) is 2. The first kappa shape index (κ1) is 12.0. The van der Waals surface area contributed by atoms with E-state index < -0.39 is 11.6 Å². The van der Waals surface area contributed by atoms with Gasteiger partial charge in [0.05, 0.1) is 18.2 Å². The van der Waals surface area contributed by atoms with Crippen molar-refractivity contribution >= 4 is 0 Å². The summed E-state index contributed by atoms with van der Waals surface area (Å²) in [5.41, 5.74) is 3.24. The van der Waals surface area contributed by atoms with Crippen molar-refractivity contribution in [3.05, 3.63) is 35.4 Å². The van der Waals surface area contributed by atoms with Gasteiger partial charge in [0.2, 0.25) is 0 Å². The van der Waals surface area contributed by atoms with Gasteiger partial charge in [-0.05, 0) is 37.0 Å². The quantitative estimate of drug-likeness (QED) is 0.641. The molecule has 1 aromatic carbocycles. The third kappa shape index (κ3) is 2.02. The topological polar surface area (TPSA) is 47.3 Å². The second kappa shape index (κ2) is 4.57. The Bertz CT molecular complexity index is 434. The number of rotatable bonds is 3. The molecular formula is C13H16F2N2O. The van der Waals surface area contributed by atoms with Crippen molar-refractivity contribution in [2.45, 2.75) is 37.5 Å². The third-order valence-corrected chi connectivity index (χ3v) is 4.00. The van der Waals surface area contributed by atoms with Gasteiger partial charge < -0.3 is 4.74 Å². The van der Waals surface area contributed by atoms with Crippen molar-refractivity contribution in [2.75, 3.05) is 0 Å². The largest absolute Gasteiger partial charge is 0.375 e. The minimum Gasteiger partial charge on any atom is -0.375 e. The average Bonchev–Trinajstić information content (AvgIpc) is 2.90. The molecule has 2 aliphatic heterocycles. The zero-order chi connectivity index (χ0) is 12.7. The first-order valence-corrected chi connectivity index (χ1v) is 6.25. The third-order valence-electron chi connectivity index (χ3n) is 4.00. The van der Waals surface area contributed by atoms with Crippen LogP contribution in [-0.4, -0.2) is 12.2 Å². The number of hydrazine groups is 1. The average molecular weight is 254 g/mol. The second-order valence-corrected chi connectivity index (χ2v) is 5.12. The SMILES string of the molecule is NNC(c1cc(F)cc(F)c1)C1CC2CCC1O2. The minimum absolute atomic E-state index is 0.155. The Morgan fingerprint density at radius 1 is 1.22 bits per heavy atom. The smallest absolute Gasteiger partial charge is 0.126 e. The van der Waals surface area contributed by atoms with E-state index in [4.69, 9.17) is 10.6 Å². The lowest BCUT2D eigenvalue weighted by Gasteiger charge is -2.28. The second-order valence-electron chi connectivity index (χ2n) is 5.12. The zero-order valence-corrected chi connectivity index (χ0v) is 9.90. The molecule has 2 saturated heterocycles. The lowest BCUT2D eigenvalue weighted by atomic mass is 9.81. The standard InChI is InChI=1S/C13H16F2N2O/c14-8-3-7(4-9(15)5-8)13(17-16)11-6-10-1-2-12(11)18-10/h3-5,10-13,17H,1-2,6,16H2. The van der Waals surface area contributed by atoms with Crippen molar-refractivity contribution in [3.63, 3.8) is 0 Å². The van der Waals surface area contributed by atoms with Gasteiger partial charge in [0.1, 0.15) is 11.6 Å². The molecule has 3 rings (SSSR count). The molecule has 3 N–H and O–H groups in total. The predicted octanol–water partition coefficient (Wildman–Crippen LogP) is 2.04. The van der Waals surface area contributed by atoms with E-state index >= 15 is 0 Å². The minimum atomic E-state index is -0.575. The Hall–Kier alpha value is -1.04. The molecule has 0 aliphatic carbocycles. The van der Waals surface area contributed by atoms with Gasteiger partial charge in [0, 0.05) is 12.0 Å². The number of benzene rings is 1. The van der Waals surface area contributed by atoms with Crippen LogP contribution >= 0.6 is 0 Å². The molecule has 0 radical (unpaired) electrons. The molecule has 4 atom stereocenters. The van der Waals surface area contributed by atoms with E-state index in [9.17, 15) is 8.78 Å². The van der Waals surface area contributed by atoms with Gasteiger partial charge in [-0.3, -0.25) is 11.3 Å². The Morgan fingerprint density at radius 3 is 2.44 bits per heavy atom. The first-order valence-electron chi connectivity index (χ1n) is 6.25. The van der Waals surface area contributed by atoms with Gasteiger partial charge in [0.15, 0.2) is 0 Å². The maximum atomic E-state index is 13.3. The van der Waals surface area contributed by atoms with Crippen molar-refractivity contribution in [3.8, 4) is 0 Å². The van der Waals surface area contributed by atoms with E-state index in [1.54, 1.807) is 0 Å².